The average molecular weight is 631 g/mol. The lowest BCUT2D eigenvalue weighted by molar-refractivity contribution is 0.0496. The third-order valence-electron chi connectivity index (χ3n) is 7.62. The van der Waals surface area contributed by atoms with Crippen molar-refractivity contribution in [1.82, 2.24) is 24.8 Å². The second kappa shape index (κ2) is 12.8. The van der Waals surface area contributed by atoms with Crippen LogP contribution in [0.1, 0.15) is 60.6 Å². The SMILES string of the molecule is Cc1cccc(C)c1-c1nc2nc(c1C)OC[C@@H](C(C)C)N(Cc1ncc(OC(C)C)cn1)C(=O)c1cccc(c1)S(=O)(=O)N2. The number of nitrogens with one attached hydrogen (secondary N) is 1. The number of carbonyl (C=O) groups is 1. The highest BCUT2D eigenvalue weighted by Crippen LogP contribution is 2.34. The second-order valence-electron chi connectivity index (χ2n) is 11.8. The zero-order valence-corrected chi connectivity index (χ0v) is 27.3. The van der Waals surface area contributed by atoms with Crippen LogP contribution in [-0.4, -0.2) is 57.9 Å². The maximum atomic E-state index is 14.2. The number of ether oxygens (including phenoxy) is 2. The van der Waals surface area contributed by atoms with Crippen LogP contribution in [0.2, 0.25) is 0 Å². The van der Waals surface area contributed by atoms with Crippen LogP contribution in [0.15, 0.2) is 59.8 Å². The molecular weight excluding hydrogens is 592 g/mol. The molecule has 1 amide bonds. The summed E-state index contributed by atoms with van der Waals surface area (Å²) in [7, 11) is -4.18. The number of sulfonamides is 1. The molecule has 12 heteroatoms. The Bertz CT molecular complexity index is 1810. The van der Waals surface area contributed by atoms with Crippen molar-refractivity contribution in [3.05, 3.63) is 82.9 Å². The summed E-state index contributed by atoms with van der Waals surface area (Å²) in [6.45, 7) is 13.8. The van der Waals surface area contributed by atoms with Crippen LogP contribution >= 0.6 is 0 Å². The first-order chi connectivity index (χ1) is 21.3. The van der Waals surface area contributed by atoms with E-state index in [1.807, 2.05) is 66.7 Å². The lowest BCUT2D eigenvalue weighted by Gasteiger charge is -2.34. The van der Waals surface area contributed by atoms with E-state index >= 15 is 0 Å². The van der Waals surface area contributed by atoms with Gasteiger partial charge in [-0.1, -0.05) is 38.1 Å². The van der Waals surface area contributed by atoms with E-state index < -0.39 is 16.1 Å². The Morgan fingerprint density at radius 3 is 2.31 bits per heavy atom. The molecule has 0 saturated carbocycles. The van der Waals surface area contributed by atoms with Crippen LogP contribution in [0.3, 0.4) is 0 Å². The zero-order chi connectivity index (χ0) is 32.5. The highest BCUT2D eigenvalue weighted by molar-refractivity contribution is 7.92. The number of amides is 1. The summed E-state index contributed by atoms with van der Waals surface area (Å²) in [5.74, 6) is 0.569. The molecule has 0 unspecified atom stereocenters. The van der Waals surface area contributed by atoms with Gasteiger partial charge in [0.1, 0.15) is 12.4 Å². The molecule has 0 fully saturated rings. The Morgan fingerprint density at radius 2 is 1.67 bits per heavy atom. The summed E-state index contributed by atoms with van der Waals surface area (Å²) in [4.78, 5) is 33.8. The smallest absolute Gasteiger partial charge is 0.264 e. The van der Waals surface area contributed by atoms with Crippen molar-refractivity contribution in [2.24, 2.45) is 5.92 Å². The van der Waals surface area contributed by atoms with Gasteiger partial charge in [-0.15, -0.1) is 0 Å². The topological polar surface area (TPSA) is 136 Å². The Kier molecular flexibility index (Phi) is 9.06. The minimum atomic E-state index is -4.18. The first-order valence-electron chi connectivity index (χ1n) is 14.8. The molecule has 3 heterocycles. The fraction of sp³-hybridized carbons (Fsp3) is 0.364. The van der Waals surface area contributed by atoms with Crippen LogP contribution in [0.4, 0.5) is 5.95 Å². The minimum Gasteiger partial charge on any atom is -0.488 e. The lowest BCUT2D eigenvalue weighted by Crippen LogP contribution is -2.46. The standard InChI is InChI=1S/C33H38N6O5S/c1-19(2)27-18-43-31-23(7)30(29-21(5)10-8-11-22(29)6)36-33(37-31)38-45(41,42)26-13-9-12-24(14-26)32(40)39(27)17-28-34-15-25(16-35-28)44-20(3)4/h8-16,19-20,27H,17-18H2,1-7H3,(H,36,37,38)/t27-/m0/s1. The maximum Gasteiger partial charge on any atom is 0.264 e. The van der Waals surface area contributed by atoms with Crippen molar-refractivity contribution in [3.8, 4) is 22.9 Å². The first-order valence-corrected chi connectivity index (χ1v) is 16.3. The van der Waals surface area contributed by atoms with Gasteiger partial charge < -0.3 is 14.4 Å². The molecule has 0 radical (unpaired) electrons. The lowest BCUT2D eigenvalue weighted by atomic mass is 9.97. The third kappa shape index (κ3) is 6.90. The monoisotopic (exact) mass is 630 g/mol. The Labute approximate surface area is 264 Å². The van der Waals surface area contributed by atoms with Crippen LogP contribution in [0.25, 0.3) is 11.3 Å². The van der Waals surface area contributed by atoms with Crippen molar-refractivity contribution >= 4 is 21.9 Å². The summed E-state index contributed by atoms with van der Waals surface area (Å²) in [6.07, 6.45) is 3.11. The Hall–Kier alpha value is -4.58. The van der Waals surface area contributed by atoms with Gasteiger partial charge in [0.2, 0.25) is 11.8 Å². The Balaban J connectivity index is 1.65. The third-order valence-corrected chi connectivity index (χ3v) is 8.95. The van der Waals surface area contributed by atoms with Crippen molar-refractivity contribution in [1.29, 1.82) is 0 Å². The van der Waals surface area contributed by atoms with Gasteiger partial charge >= 0.3 is 0 Å². The second-order valence-corrected chi connectivity index (χ2v) is 13.5. The maximum absolute atomic E-state index is 14.2. The van der Waals surface area contributed by atoms with Crippen LogP contribution in [0.5, 0.6) is 11.6 Å². The number of benzene rings is 2. The first kappa shape index (κ1) is 31.8. The molecular formula is C33H38N6O5S. The molecule has 0 saturated heterocycles. The summed E-state index contributed by atoms with van der Waals surface area (Å²) in [5.41, 5.74) is 4.22. The molecule has 2 aromatic carbocycles. The Morgan fingerprint density at radius 1 is 1.00 bits per heavy atom. The van der Waals surface area contributed by atoms with Crippen LogP contribution in [0, 0.1) is 26.7 Å². The van der Waals surface area contributed by atoms with Crippen LogP contribution < -0.4 is 14.2 Å². The molecule has 5 rings (SSSR count). The number of aromatic nitrogens is 4. The van der Waals surface area contributed by atoms with E-state index in [0.29, 0.717) is 22.8 Å². The number of rotatable bonds is 6. The molecule has 236 valence electrons. The molecule has 1 atom stereocenters. The van der Waals surface area contributed by atoms with Crippen molar-refractivity contribution in [3.63, 3.8) is 0 Å². The highest BCUT2D eigenvalue weighted by Gasteiger charge is 2.31. The molecule has 45 heavy (non-hydrogen) atoms. The summed E-state index contributed by atoms with van der Waals surface area (Å²) >= 11 is 0. The normalized spacial score (nSPS) is 16.3. The van der Waals surface area contributed by atoms with E-state index in [0.717, 1.165) is 16.7 Å². The summed E-state index contributed by atoms with van der Waals surface area (Å²) < 4.78 is 41.8. The average Bonchev–Trinajstić information content (AvgIpc) is 2.98. The number of aryl methyl sites for hydroxylation is 2. The van der Waals surface area contributed by atoms with Crippen molar-refractivity contribution in [2.45, 2.75) is 72.1 Å². The number of nitrogens with zero attached hydrogens (tertiary/aromatic N) is 5. The number of carbonyl (C=O) groups excluding carboxylic acids is 1. The minimum absolute atomic E-state index is 0.0401. The van der Waals surface area contributed by atoms with E-state index in [9.17, 15) is 13.2 Å². The number of anilines is 1. The van der Waals surface area contributed by atoms with E-state index in [4.69, 9.17) is 9.47 Å². The van der Waals surface area contributed by atoms with Crippen molar-refractivity contribution < 1.29 is 22.7 Å². The number of hydrogen-bond donors (Lipinski definition) is 1. The van der Waals surface area contributed by atoms with E-state index in [1.165, 1.54) is 12.1 Å². The van der Waals surface area contributed by atoms with Gasteiger partial charge in [0.25, 0.3) is 15.9 Å². The molecule has 11 nitrogen and oxygen atoms in total. The molecule has 1 aliphatic rings. The molecule has 1 aliphatic heterocycles. The molecule has 4 aromatic rings. The number of hydrogen-bond acceptors (Lipinski definition) is 9. The van der Waals surface area contributed by atoms with Gasteiger partial charge in [-0.3, -0.25) is 4.79 Å². The van der Waals surface area contributed by atoms with Gasteiger partial charge in [0.05, 0.1) is 41.7 Å². The zero-order valence-electron chi connectivity index (χ0n) is 26.5. The quantitative estimate of drug-likeness (QED) is 0.293. The summed E-state index contributed by atoms with van der Waals surface area (Å²) in [6, 6.07) is 11.4. The van der Waals surface area contributed by atoms with Gasteiger partial charge in [-0.25, -0.2) is 28.1 Å². The van der Waals surface area contributed by atoms with Gasteiger partial charge in [0.15, 0.2) is 5.75 Å². The predicted molar refractivity (Wildman–Crippen MR) is 171 cm³/mol. The molecule has 4 bridgehead atoms. The molecule has 0 spiro atoms. The van der Waals surface area contributed by atoms with Gasteiger partial charge in [-0.2, -0.15) is 4.98 Å². The fourth-order valence-corrected chi connectivity index (χ4v) is 6.30. The van der Waals surface area contributed by atoms with Gasteiger partial charge in [0, 0.05) is 16.7 Å². The predicted octanol–water partition coefficient (Wildman–Crippen LogP) is 5.51. The molecule has 1 N–H and O–H groups in total. The highest BCUT2D eigenvalue weighted by atomic mass is 32.2. The summed E-state index contributed by atoms with van der Waals surface area (Å²) in [5, 5.41) is 0. The van der Waals surface area contributed by atoms with Gasteiger partial charge in [-0.05, 0) is 69.9 Å². The molecule has 0 aliphatic carbocycles. The van der Waals surface area contributed by atoms with Crippen LogP contribution in [-0.2, 0) is 16.6 Å². The van der Waals surface area contributed by atoms with Crippen molar-refractivity contribution in [2.75, 3.05) is 11.3 Å². The fourth-order valence-electron chi connectivity index (χ4n) is 5.31. The van der Waals surface area contributed by atoms with E-state index in [-0.39, 0.29) is 53.4 Å². The largest absolute Gasteiger partial charge is 0.488 e. The number of fused-ring (bicyclic) bond motifs is 4. The van der Waals surface area contributed by atoms with E-state index in [2.05, 4.69) is 24.7 Å². The molecule has 2 aromatic heterocycles. The van der Waals surface area contributed by atoms with E-state index in [1.54, 1.807) is 29.4 Å².